The van der Waals surface area contributed by atoms with Crippen molar-refractivity contribution in [3.63, 3.8) is 0 Å². The van der Waals surface area contributed by atoms with Crippen LogP contribution in [0.25, 0.3) is 21.8 Å². The molecule has 0 unspecified atom stereocenters. The van der Waals surface area contributed by atoms with E-state index in [0.29, 0.717) is 18.7 Å². The third-order valence-electron chi connectivity index (χ3n) is 4.60. The molecule has 0 atom stereocenters. The molecule has 2 aromatic carbocycles. The third kappa shape index (κ3) is 2.72. The summed E-state index contributed by atoms with van der Waals surface area (Å²) in [4.78, 5) is 16.2. The first kappa shape index (κ1) is 16.3. The van der Waals surface area contributed by atoms with Crippen molar-refractivity contribution in [1.29, 1.82) is 0 Å². The maximum atomic E-state index is 12.0. The number of carbonyl (C=O) groups excluding carboxylic acids is 1. The Bertz CT molecular complexity index is 1100. The van der Waals surface area contributed by atoms with Crippen molar-refractivity contribution in [3.05, 3.63) is 77.6 Å². The van der Waals surface area contributed by atoms with Crippen LogP contribution in [0.15, 0.2) is 60.9 Å². The van der Waals surface area contributed by atoms with Gasteiger partial charge in [-0.1, -0.05) is 24.3 Å². The van der Waals surface area contributed by atoms with Crippen molar-refractivity contribution in [2.24, 2.45) is 5.73 Å². The number of benzene rings is 2. The van der Waals surface area contributed by atoms with Crippen LogP contribution in [0.5, 0.6) is 0 Å². The Balaban J connectivity index is 2.03. The number of amides is 1. The van der Waals surface area contributed by atoms with Gasteiger partial charge in [-0.05, 0) is 35.4 Å². The second-order valence-electron chi connectivity index (χ2n) is 6.30. The first-order valence-electron chi connectivity index (χ1n) is 8.40. The Morgan fingerprint density at radius 3 is 2.73 bits per heavy atom. The molecule has 4 aromatic rings. The van der Waals surface area contributed by atoms with Gasteiger partial charge in [0, 0.05) is 47.9 Å². The van der Waals surface area contributed by atoms with Crippen LogP contribution < -0.4 is 5.73 Å². The van der Waals surface area contributed by atoms with Gasteiger partial charge < -0.3 is 15.0 Å². The van der Waals surface area contributed by atoms with Crippen LogP contribution in [0.4, 0.5) is 0 Å². The third-order valence-corrected chi connectivity index (χ3v) is 4.60. The molecule has 2 N–H and O–H groups in total. The van der Waals surface area contributed by atoms with E-state index in [9.17, 15) is 4.79 Å². The number of hydrogen-bond acceptors (Lipinski definition) is 3. The van der Waals surface area contributed by atoms with E-state index in [1.165, 1.54) is 0 Å². The SMILES string of the molecule is COCc1ccc2c3c(C(N)=O)cccc3n(Cc3cccnc3)c2c1. The van der Waals surface area contributed by atoms with E-state index in [-0.39, 0.29) is 0 Å². The van der Waals surface area contributed by atoms with E-state index in [2.05, 4.69) is 15.6 Å². The summed E-state index contributed by atoms with van der Waals surface area (Å²) in [5.74, 6) is -0.419. The molecule has 0 saturated carbocycles. The normalized spacial score (nSPS) is 11.3. The van der Waals surface area contributed by atoms with Crippen molar-refractivity contribution in [3.8, 4) is 0 Å². The Hall–Kier alpha value is -3.18. The average molecular weight is 345 g/mol. The molecule has 2 aromatic heterocycles. The lowest BCUT2D eigenvalue weighted by Crippen LogP contribution is -2.11. The molecule has 5 heteroatoms. The van der Waals surface area contributed by atoms with E-state index in [1.807, 2.05) is 42.6 Å². The fourth-order valence-corrected chi connectivity index (χ4v) is 3.50. The van der Waals surface area contributed by atoms with Crippen LogP contribution >= 0.6 is 0 Å². The fourth-order valence-electron chi connectivity index (χ4n) is 3.50. The minimum absolute atomic E-state index is 0.419. The Morgan fingerprint density at radius 1 is 1.12 bits per heavy atom. The first-order chi connectivity index (χ1) is 12.7. The van der Waals surface area contributed by atoms with Gasteiger partial charge in [0.25, 0.3) is 0 Å². The maximum Gasteiger partial charge on any atom is 0.249 e. The lowest BCUT2D eigenvalue weighted by molar-refractivity contribution is 0.100. The highest BCUT2D eigenvalue weighted by molar-refractivity contribution is 6.17. The van der Waals surface area contributed by atoms with Crippen LogP contribution in [0.1, 0.15) is 21.5 Å². The quantitative estimate of drug-likeness (QED) is 0.602. The topological polar surface area (TPSA) is 70.1 Å². The molecule has 0 aliphatic heterocycles. The molecule has 0 radical (unpaired) electrons. The summed E-state index contributed by atoms with van der Waals surface area (Å²) in [6, 6.07) is 15.8. The van der Waals surface area contributed by atoms with Gasteiger partial charge in [0.05, 0.1) is 12.1 Å². The second kappa shape index (κ2) is 6.61. The van der Waals surface area contributed by atoms with Gasteiger partial charge in [0.2, 0.25) is 5.91 Å². The summed E-state index contributed by atoms with van der Waals surface area (Å²) < 4.78 is 7.48. The van der Waals surface area contributed by atoms with Crippen molar-refractivity contribution >= 4 is 27.7 Å². The molecule has 4 rings (SSSR count). The lowest BCUT2D eigenvalue weighted by atomic mass is 10.0. The van der Waals surface area contributed by atoms with Gasteiger partial charge in [-0.15, -0.1) is 0 Å². The summed E-state index contributed by atoms with van der Waals surface area (Å²) in [5.41, 5.74) is 10.4. The summed E-state index contributed by atoms with van der Waals surface area (Å²) in [6.45, 7) is 1.19. The number of ether oxygens (including phenoxy) is 1. The van der Waals surface area contributed by atoms with E-state index < -0.39 is 5.91 Å². The molecule has 1 amide bonds. The molecular formula is C21H19N3O2. The van der Waals surface area contributed by atoms with Crippen molar-refractivity contribution < 1.29 is 9.53 Å². The van der Waals surface area contributed by atoms with E-state index in [1.54, 1.807) is 19.4 Å². The predicted molar refractivity (Wildman–Crippen MR) is 102 cm³/mol. The number of carbonyl (C=O) groups is 1. The monoisotopic (exact) mass is 345 g/mol. The Morgan fingerprint density at radius 2 is 2.00 bits per heavy atom. The minimum atomic E-state index is -0.419. The van der Waals surface area contributed by atoms with Gasteiger partial charge in [-0.3, -0.25) is 9.78 Å². The summed E-state index contributed by atoms with van der Waals surface area (Å²) in [7, 11) is 1.68. The van der Waals surface area contributed by atoms with Crippen molar-refractivity contribution in [1.82, 2.24) is 9.55 Å². The average Bonchev–Trinajstić information content (AvgIpc) is 2.96. The predicted octanol–water partition coefficient (Wildman–Crippen LogP) is 3.48. The Kier molecular flexibility index (Phi) is 4.14. The van der Waals surface area contributed by atoms with Crippen molar-refractivity contribution in [2.75, 3.05) is 7.11 Å². The van der Waals surface area contributed by atoms with Crippen LogP contribution in [0.3, 0.4) is 0 Å². The van der Waals surface area contributed by atoms with Gasteiger partial charge in [-0.2, -0.15) is 0 Å². The molecule has 0 spiro atoms. The lowest BCUT2D eigenvalue weighted by Gasteiger charge is -2.08. The number of fused-ring (bicyclic) bond motifs is 3. The number of aromatic nitrogens is 2. The molecule has 0 fully saturated rings. The van der Waals surface area contributed by atoms with E-state index >= 15 is 0 Å². The molecule has 0 bridgehead atoms. The number of methoxy groups -OCH3 is 1. The fraction of sp³-hybridized carbons (Fsp3) is 0.143. The number of hydrogen-bond donors (Lipinski definition) is 1. The highest BCUT2D eigenvalue weighted by atomic mass is 16.5. The molecule has 0 saturated heterocycles. The molecule has 130 valence electrons. The smallest absolute Gasteiger partial charge is 0.249 e. The first-order valence-corrected chi connectivity index (χ1v) is 8.40. The van der Waals surface area contributed by atoms with Crippen molar-refractivity contribution in [2.45, 2.75) is 13.2 Å². The summed E-state index contributed by atoms with van der Waals surface area (Å²) >= 11 is 0. The summed E-state index contributed by atoms with van der Waals surface area (Å²) in [5, 5.41) is 1.90. The van der Waals surface area contributed by atoms with Crippen LogP contribution in [-0.4, -0.2) is 22.6 Å². The van der Waals surface area contributed by atoms with Crippen LogP contribution in [0, 0.1) is 0 Å². The van der Waals surface area contributed by atoms with Gasteiger partial charge >= 0.3 is 0 Å². The number of rotatable bonds is 5. The number of nitrogens with two attached hydrogens (primary N) is 1. The molecular weight excluding hydrogens is 326 g/mol. The maximum absolute atomic E-state index is 12.0. The summed E-state index contributed by atoms with van der Waals surface area (Å²) in [6.07, 6.45) is 3.62. The Labute approximate surface area is 151 Å². The number of nitrogens with zero attached hydrogens (tertiary/aromatic N) is 2. The van der Waals surface area contributed by atoms with Gasteiger partial charge in [0.1, 0.15) is 0 Å². The molecule has 2 heterocycles. The largest absolute Gasteiger partial charge is 0.380 e. The zero-order valence-corrected chi connectivity index (χ0v) is 14.5. The molecule has 26 heavy (non-hydrogen) atoms. The van der Waals surface area contributed by atoms with Gasteiger partial charge in [0.15, 0.2) is 0 Å². The molecule has 5 nitrogen and oxygen atoms in total. The standard InChI is InChI=1S/C21H19N3O2/c1-26-13-14-7-8-16-19(10-14)24(12-15-4-3-9-23-11-15)18-6-2-5-17(20(16)18)21(22)25/h2-11H,12-13H2,1H3,(H2,22,25). The number of primary amides is 1. The number of pyridine rings is 1. The molecule has 0 aliphatic rings. The van der Waals surface area contributed by atoms with E-state index in [0.717, 1.165) is 32.9 Å². The zero-order chi connectivity index (χ0) is 18.1. The van der Waals surface area contributed by atoms with Crippen LogP contribution in [-0.2, 0) is 17.9 Å². The van der Waals surface area contributed by atoms with E-state index in [4.69, 9.17) is 10.5 Å². The van der Waals surface area contributed by atoms with Crippen LogP contribution in [0.2, 0.25) is 0 Å². The van der Waals surface area contributed by atoms with Gasteiger partial charge in [-0.25, -0.2) is 0 Å². The zero-order valence-electron chi connectivity index (χ0n) is 14.5. The minimum Gasteiger partial charge on any atom is -0.380 e. The molecule has 0 aliphatic carbocycles. The highest BCUT2D eigenvalue weighted by Crippen LogP contribution is 2.33. The second-order valence-corrected chi connectivity index (χ2v) is 6.30. The highest BCUT2D eigenvalue weighted by Gasteiger charge is 2.17.